The fraction of sp³-hybridized carbons (Fsp3) is 0.316. The van der Waals surface area contributed by atoms with Gasteiger partial charge in [-0.05, 0) is 43.8 Å². The molecule has 4 nitrogen and oxygen atoms in total. The van der Waals surface area contributed by atoms with E-state index in [1.807, 2.05) is 0 Å². The minimum Gasteiger partial charge on any atom is -0.495 e. The van der Waals surface area contributed by atoms with Crippen molar-refractivity contribution in [2.45, 2.75) is 25.7 Å². The molecule has 8 heteroatoms. The van der Waals surface area contributed by atoms with Crippen molar-refractivity contribution < 1.29 is 22.7 Å². The molecule has 0 spiro atoms. The Morgan fingerprint density at radius 3 is 2.52 bits per heavy atom. The first kappa shape index (κ1) is 21.1. The number of nitrogens with one attached hydrogen (secondary N) is 1. The van der Waals surface area contributed by atoms with Crippen molar-refractivity contribution in [3.8, 4) is 5.75 Å². The molecule has 0 aliphatic heterocycles. The summed E-state index contributed by atoms with van der Waals surface area (Å²) in [6, 6.07) is 9.47. The molecule has 0 aliphatic rings. The molecule has 146 valence electrons. The second-order valence-electron chi connectivity index (χ2n) is 6.08. The third-order valence-electron chi connectivity index (χ3n) is 4.20. The van der Waals surface area contributed by atoms with Crippen LogP contribution in [0.2, 0.25) is 5.02 Å². The van der Waals surface area contributed by atoms with Crippen molar-refractivity contribution in [1.82, 2.24) is 4.90 Å². The number of hydrogen-bond donors (Lipinski definition) is 1. The number of likely N-dealkylation sites (N-methyl/N-ethyl adjacent to an activating group) is 1. The molecule has 27 heavy (non-hydrogen) atoms. The highest BCUT2D eigenvalue weighted by Crippen LogP contribution is 2.32. The van der Waals surface area contributed by atoms with Crippen LogP contribution in [0.3, 0.4) is 0 Å². The van der Waals surface area contributed by atoms with Gasteiger partial charge in [-0.25, -0.2) is 0 Å². The topological polar surface area (TPSA) is 41.6 Å². The second kappa shape index (κ2) is 8.63. The lowest BCUT2D eigenvalue weighted by Crippen LogP contribution is -2.39. The van der Waals surface area contributed by atoms with Crippen molar-refractivity contribution in [2.24, 2.45) is 0 Å². The molecule has 2 rings (SSSR count). The van der Waals surface area contributed by atoms with Gasteiger partial charge in [-0.1, -0.05) is 29.8 Å². The highest BCUT2D eigenvalue weighted by atomic mass is 35.5. The van der Waals surface area contributed by atoms with Gasteiger partial charge in [-0.3, -0.25) is 9.69 Å². The zero-order valence-corrected chi connectivity index (χ0v) is 15.9. The monoisotopic (exact) mass is 400 g/mol. The van der Waals surface area contributed by atoms with Crippen LogP contribution in [-0.2, 0) is 17.5 Å². The number of amides is 1. The minimum absolute atomic E-state index is 0.0202. The molecule has 1 amide bonds. The number of ether oxygens (including phenoxy) is 1. The minimum atomic E-state index is -4.44. The van der Waals surface area contributed by atoms with E-state index in [2.05, 4.69) is 5.32 Å². The van der Waals surface area contributed by atoms with Crippen LogP contribution in [0, 0.1) is 0 Å². The summed E-state index contributed by atoms with van der Waals surface area (Å²) >= 11 is 6.03. The predicted octanol–water partition coefficient (Wildman–Crippen LogP) is 4.83. The smallest absolute Gasteiger partial charge is 0.416 e. The number of methoxy groups -OCH3 is 1. The number of benzene rings is 2. The summed E-state index contributed by atoms with van der Waals surface area (Å²) in [5.74, 6) is 0.117. The van der Waals surface area contributed by atoms with Crippen molar-refractivity contribution in [3.05, 3.63) is 58.6 Å². The van der Waals surface area contributed by atoms with E-state index >= 15 is 0 Å². The molecule has 0 fully saturated rings. The number of nitrogens with zero attached hydrogens (tertiary/aromatic N) is 1. The first-order valence-corrected chi connectivity index (χ1v) is 8.51. The highest BCUT2D eigenvalue weighted by Gasteiger charge is 2.33. The van der Waals surface area contributed by atoms with E-state index < -0.39 is 17.8 Å². The quantitative estimate of drug-likeness (QED) is 0.755. The number of anilines is 1. The zero-order valence-electron chi connectivity index (χ0n) is 15.1. The van der Waals surface area contributed by atoms with Gasteiger partial charge in [0.1, 0.15) is 5.75 Å². The number of alkyl halides is 3. The maximum atomic E-state index is 13.1. The van der Waals surface area contributed by atoms with Gasteiger partial charge in [0, 0.05) is 12.2 Å². The number of rotatable bonds is 6. The molecule has 1 atom stereocenters. The van der Waals surface area contributed by atoms with Crippen molar-refractivity contribution in [1.29, 1.82) is 0 Å². The Labute approximate surface area is 160 Å². The Morgan fingerprint density at radius 1 is 1.26 bits per heavy atom. The molecular formula is C19H20ClF3N2O2. The molecule has 1 unspecified atom stereocenters. The molecule has 2 aromatic rings. The molecule has 0 aromatic heterocycles. The fourth-order valence-electron chi connectivity index (χ4n) is 2.53. The molecule has 0 aliphatic carbocycles. The Balaban J connectivity index is 2.08. The van der Waals surface area contributed by atoms with Gasteiger partial charge in [-0.15, -0.1) is 0 Å². The zero-order chi connectivity index (χ0) is 20.2. The first-order chi connectivity index (χ1) is 12.6. The maximum Gasteiger partial charge on any atom is 0.416 e. The van der Waals surface area contributed by atoms with Crippen molar-refractivity contribution >= 4 is 23.2 Å². The standard InChI is InChI=1S/C19H20ClF3N2O2/c1-12(18(26)24-14-8-9-17(27-3)16(20)10-14)25(2)11-13-6-4-5-7-15(13)19(21,22)23/h4-10,12H,11H2,1-3H3,(H,24,26). The Bertz CT molecular complexity index is 812. The SMILES string of the molecule is COc1ccc(NC(=O)C(C)N(C)Cc2ccccc2C(F)(F)F)cc1Cl. The summed E-state index contributed by atoms with van der Waals surface area (Å²) in [6.07, 6.45) is -4.44. The van der Waals surface area contributed by atoms with Crippen LogP contribution >= 0.6 is 11.6 Å². The van der Waals surface area contributed by atoms with E-state index in [9.17, 15) is 18.0 Å². The van der Waals surface area contributed by atoms with Gasteiger partial charge in [0.2, 0.25) is 5.91 Å². The van der Waals surface area contributed by atoms with E-state index in [1.54, 1.807) is 43.1 Å². The maximum absolute atomic E-state index is 13.1. The first-order valence-electron chi connectivity index (χ1n) is 8.13. The van der Waals surface area contributed by atoms with Crippen LogP contribution in [0.25, 0.3) is 0 Å². The molecule has 1 N–H and O–H groups in total. The summed E-state index contributed by atoms with van der Waals surface area (Å²) in [5.41, 5.74) is -0.118. The van der Waals surface area contributed by atoms with Crippen LogP contribution in [0.1, 0.15) is 18.1 Å². The number of carbonyl (C=O) groups excluding carboxylic acids is 1. The average molecular weight is 401 g/mol. The van der Waals surface area contributed by atoms with E-state index in [4.69, 9.17) is 16.3 Å². The number of carbonyl (C=O) groups is 1. The lowest BCUT2D eigenvalue weighted by Gasteiger charge is -2.25. The van der Waals surface area contributed by atoms with Crippen LogP contribution in [-0.4, -0.2) is 31.0 Å². The molecule has 0 saturated carbocycles. The average Bonchev–Trinajstić information content (AvgIpc) is 2.60. The van der Waals surface area contributed by atoms with Crippen LogP contribution in [0.15, 0.2) is 42.5 Å². The van der Waals surface area contributed by atoms with Gasteiger partial charge in [0.05, 0.1) is 23.7 Å². The summed E-state index contributed by atoms with van der Waals surface area (Å²) in [4.78, 5) is 14.0. The Hall–Kier alpha value is -2.25. The predicted molar refractivity (Wildman–Crippen MR) is 99.0 cm³/mol. The Kier molecular flexibility index (Phi) is 6.73. The van der Waals surface area contributed by atoms with Crippen LogP contribution in [0.5, 0.6) is 5.75 Å². The van der Waals surface area contributed by atoms with Gasteiger partial charge in [0.15, 0.2) is 0 Å². The van der Waals surface area contributed by atoms with Crippen LogP contribution in [0.4, 0.5) is 18.9 Å². The van der Waals surface area contributed by atoms with E-state index in [0.29, 0.717) is 16.5 Å². The number of hydrogen-bond acceptors (Lipinski definition) is 3. The van der Waals surface area contributed by atoms with Gasteiger partial charge < -0.3 is 10.1 Å². The van der Waals surface area contributed by atoms with Gasteiger partial charge in [-0.2, -0.15) is 13.2 Å². The highest BCUT2D eigenvalue weighted by molar-refractivity contribution is 6.32. The Morgan fingerprint density at radius 2 is 1.93 bits per heavy atom. The van der Waals surface area contributed by atoms with Gasteiger partial charge in [0.25, 0.3) is 0 Å². The number of halogens is 4. The third-order valence-corrected chi connectivity index (χ3v) is 4.50. The van der Waals surface area contributed by atoms with Crippen LogP contribution < -0.4 is 10.1 Å². The molecule has 2 aromatic carbocycles. The molecule has 0 heterocycles. The van der Waals surface area contributed by atoms with Crippen molar-refractivity contribution in [2.75, 3.05) is 19.5 Å². The third kappa shape index (κ3) is 5.37. The normalized spacial score (nSPS) is 12.7. The van der Waals surface area contributed by atoms with E-state index in [-0.39, 0.29) is 18.0 Å². The molecule has 0 bridgehead atoms. The lowest BCUT2D eigenvalue weighted by molar-refractivity contribution is -0.138. The molecule has 0 radical (unpaired) electrons. The summed E-state index contributed by atoms with van der Waals surface area (Å²) < 4.78 is 44.4. The summed E-state index contributed by atoms with van der Waals surface area (Å²) in [5, 5.41) is 3.05. The van der Waals surface area contributed by atoms with E-state index in [1.165, 1.54) is 19.2 Å². The van der Waals surface area contributed by atoms with E-state index in [0.717, 1.165) is 6.07 Å². The summed E-state index contributed by atoms with van der Waals surface area (Å²) in [7, 11) is 3.08. The fourth-order valence-corrected chi connectivity index (χ4v) is 2.79. The molecule has 0 saturated heterocycles. The second-order valence-corrected chi connectivity index (χ2v) is 6.49. The molecular weight excluding hydrogens is 381 g/mol. The van der Waals surface area contributed by atoms with Crippen molar-refractivity contribution in [3.63, 3.8) is 0 Å². The van der Waals surface area contributed by atoms with Gasteiger partial charge >= 0.3 is 6.18 Å². The largest absolute Gasteiger partial charge is 0.495 e. The lowest BCUT2D eigenvalue weighted by atomic mass is 10.1. The summed E-state index contributed by atoms with van der Waals surface area (Å²) in [6.45, 7) is 1.60.